The Bertz CT molecular complexity index is 1030. The van der Waals surface area contributed by atoms with Crippen LogP contribution in [0.1, 0.15) is 49.1 Å². The third-order valence-corrected chi connectivity index (χ3v) is 6.85. The van der Waals surface area contributed by atoms with Crippen LogP contribution in [0, 0.1) is 0 Å². The first-order chi connectivity index (χ1) is 16.4. The molecule has 0 heterocycles. The van der Waals surface area contributed by atoms with Gasteiger partial charge in [-0.25, -0.2) is 4.79 Å². The number of aliphatic hydroxyl groups excluding tert-OH is 1. The molecule has 2 aliphatic carbocycles. The normalized spacial score (nSPS) is 20.1. The molecule has 2 aromatic rings. The second-order valence-electron chi connectivity index (χ2n) is 8.99. The molecule has 3 unspecified atom stereocenters. The molecule has 2 aliphatic rings. The highest BCUT2D eigenvalue weighted by Crippen LogP contribution is 2.44. The Morgan fingerprint density at radius 3 is 2.21 bits per heavy atom. The van der Waals surface area contributed by atoms with Crippen LogP contribution in [0.3, 0.4) is 0 Å². The molecule has 0 spiro atoms. The number of hydrogen-bond donors (Lipinski definition) is 3. The van der Waals surface area contributed by atoms with Gasteiger partial charge >= 0.3 is 12.1 Å². The molecule has 1 saturated carbocycles. The van der Waals surface area contributed by atoms with Gasteiger partial charge in [0.2, 0.25) is 5.91 Å². The number of likely N-dealkylation sites (N-methyl/N-ethyl adjacent to an activating group) is 1. The fourth-order valence-electron chi connectivity index (χ4n) is 5.11. The second-order valence-corrected chi connectivity index (χ2v) is 8.99. The summed E-state index contributed by atoms with van der Waals surface area (Å²) in [5.41, 5.74) is 4.30. The minimum atomic E-state index is -1.28. The number of carbonyl (C=O) groups excluding carboxylic acids is 2. The Kier molecular flexibility index (Phi) is 7.17. The van der Waals surface area contributed by atoms with Gasteiger partial charge in [-0.05, 0) is 35.1 Å². The number of rotatable bonds is 7. The van der Waals surface area contributed by atoms with E-state index in [1.165, 1.54) is 11.9 Å². The van der Waals surface area contributed by atoms with Crippen molar-refractivity contribution in [3.63, 3.8) is 0 Å². The molecule has 8 nitrogen and oxygen atoms in total. The summed E-state index contributed by atoms with van der Waals surface area (Å²) in [5.74, 6) is -1.91. The lowest BCUT2D eigenvalue weighted by Crippen LogP contribution is -2.54. The summed E-state index contributed by atoms with van der Waals surface area (Å²) >= 11 is 0. The zero-order chi connectivity index (χ0) is 24.2. The van der Waals surface area contributed by atoms with Gasteiger partial charge in [-0.15, -0.1) is 0 Å². The van der Waals surface area contributed by atoms with Crippen LogP contribution in [0.5, 0.6) is 0 Å². The minimum absolute atomic E-state index is 0.0605. The van der Waals surface area contributed by atoms with Crippen LogP contribution in [0.4, 0.5) is 4.79 Å². The fraction of sp³-hybridized carbons (Fsp3) is 0.423. The van der Waals surface area contributed by atoms with Gasteiger partial charge in [0.15, 0.2) is 0 Å². The number of aliphatic carboxylic acids is 1. The van der Waals surface area contributed by atoms with Gasteiger partial charge in [0, 0.05) is 13.0 Å². The summed E-state index contributed by atoms with van der Waals surface area (Å²) in [6.07, 6.45) is 0.899. The number of carboxylic acid groups (broad SMARTS) is 1. The molecule has 3 N–H and O–H groups in total. The first kappa shape index (κ1) is 23.8. The van der Waals surface area contributed by atoms with Gasteiger partial charge in [-0.1, -0.05) is 61.4 Å². The summed E-state index contributed by atoms with van der Waals surface area (Å²) in [5, 5.41) is 22.0. The lowest BCUT2D eigenvalue weighted by Gasteiger charge is -2.36. The Labute approximate surface area is 198 Å². The summed E-state index contributed by atoms with van der Waals surface area (Å²) in [7, 11) is 1.54. The summed E-state index contributed by atoms with van der Waals surface area (Å²) in [4.78, 5) is 38.4. The highest BCUT2D eigenvalue weighted by atomic mass is 16.5. The first-order valence-electron chi connectivity index (χ1n) is 11.6. The molecule has 0 saturated heterocycles. The molecule has 0 aliphatic heterocycles. The number of benzene rings is 2. The van der Waals surface area contributed by atoms with Gasteiger partial charge < -0.3 is 25.2 Å². The number of ether oxygens (including phenoxy) is 1. The number of amides is 2. The molecular formula is C26H30N2O6. The van der Waals surface area contributed by atoms with Gasteiger partial charge in [-0.3, -0.25) is 9.59 Å². The van der Waals surface area contributed by atoms with E-state index in [4.69, 9.17) is 4.74 Å². The lowest BCUT2D eigenvalue weighted by atomic mass is 9.91. The maximum Gasteiger partial charge on any atom is 0.407 e. The van der Waals surface area contributed by atoms with Gasteiger partial charge in [0.25, 0.3) is 0 Å². The number of hydrogen-bond acceptors (Lipinski definition) is 5. The zero-order valence-corrected chi connectivity index (χ0v) is 19.1. The topological polar surface area (TPSA) is 116 Å². The Balaban J connectivity index is 1.43. The van der Waals surface area contributed by atoms with Crippen LogP contribution in [-0.2, 0) is 14.3 Å². The zero-order valence-electron chi connectivity index (χ0n) is 19.1. The van der Waals surface area contributed by atoms with Crippen molar-refractivity contribution < 1.29 is 29.3 Å². The van der Waals surface area contributed by atoms with Crippen molar-refractivity contribution in [1.29, 1.82) is 0 Å². The van der Waals surface area contributed by atoms with Gasteiger partial charge in [0.1, 0.15) is 12.6 Å². The minimum Gasteiger partial charge on any atom is -0.481 e. The predicted octanol–water partition coefficient (Wildman–Crippen LogP) is 3.13. The maximum absolute atomic E-state index is 13.0. The van der Waals surface area contributed by atoms with Crippen LogP contribution >= 0.6 is 0 Å². The number of alkyl carbamates (subject to hydrolysis) is 1. The van der Waals surface area contributed by atoms with Crippen molar-refractivity contribution >= 4 is 18.0 Å². The number of nitrogens with zero attached hydrogens (tertiary/aromatic N) is 1. The molecule has 34 heavy (non-hydrogen) atoms. The SMILES string of the molecule is CN(C(=O)C(CC(=O)O)NC(=O)OCC1c2ccccc2-c2ccccc21)C1CCCCC1O. The monoisotopic (exact) mass is 466 g/mol. The molecule has 3 atom stereocenters. The smallest absolute Gasteiger partial charge is 0.407 e. The average Bonchev–Trinajstić information content (AvgIpc) is 3.15. The molecule has 2 aromatic carbocycles. The quantitative estimate of drug-likeness (QED) is 0.577. The number of carbonyl (C=O) groups is 3. The van der Waals surface area contributed by atoms with E-state index >= 15 is 0 Å². The molecular weight excluding hydrogens is 436 g/mol. The Hall–Kier alpha value is -3.39. The Morgan fingerprint density at radius 1 is 1.03 bits per heavy atom. The number of nitrogens with one attached hydrogen (secondary N) is 1. The fourth-order valence-corrected chi connectivity index (χ4v) is 5.11. The van der Waals surface area contributed by atoms with Crippen molar-refractivity contribution in [1.82, 2.24) is 10.2 Å². The van der Waals surface area contributed by atoms with Crippen LogP contribution < -0.4 is 5.32 Å². The van der Waals surface area contributed by atoms with E-state index in [1.807, 2.05) is 48.5 Å². The molecule has 1 fully saturated rings. The first-order valence-corrected chi connectivity index (χ1v) is 11.6. The third-order valence-electron chi connectivity index (χ3n) is 6.85. The lowest BCUT2D eigenvalue weighted by molar-refractivity contribution is -0.144. The molecule has 2 amide bonds. The van der Waals surface area contributed by atoms with E-state index in [0.29, 0.717) is 12.8 Å². The van der Waals surface area contributed by atoms with E-state index < -0.39 is 42.6 Å². The van der Waals surface area contributed by atoms with Gasteiger partial charge in [-0.2, -0.15) is 0 Å². The maximum atomic E-state index is 13.0. The van der Waals surface area contributed by atoms with Crippen molar-refractivity contribution in [2.75, 3.05) is 13.7 Å². The average molecular weight is 467 g/mol. The molecule has 0 radical (unpaired) electrons. The van der Waals surface area contributed by atoms with Crippen molar-refractivity contribution in [2.45, 2.75) is 56.2 Å². The van der Waals surface area contributed by atoms with Crippen LogP contribution in [0.25, 0.3) is 11.1 Å². The number of carboxylic acids is 1. The van der Waals surface area contributed by atoms with E-state index in [0.717, 1.165) is 35.1 Å². The highest BCUT2D eigenvalue weighted by Gasteiger charge is 2.35. The van der Waals surface area contributed by atoms with Crippen molar-refractivity contribution in [2.24, 2.45) is 0 Å². The van der Waals surface area contributed by atoms with Crippen LogP contribution in [0.2, 0.25) is 0 Å². The number of aliphatic hydroxyl groups is 1. The second kappa shape index (κ2) is 10.3. The van der Waals surface area contributed by atoms with E-state index in [1.54, 1.807) is 0 Å². The van der Waals surface area contributed by atoms with E-state index in [2.05, 4.69) is 5.32 Å². The van der Waals surface area contributed by atoms with Gasteiger partial charge in [0.05, 0.1) is 18.6 Å². The Morgan fingerprint density at radius 2 is 1.62 bits per heavy atom. The third kappa shape index (κ3) is 4.92. The predicted molar refractivity (Wildman–Crippen MR) is 125 cm³/mol. The molecule has 180 valence electrons. The van der Waals surface area contributed by atoms with Crippen LogP contribution in [-0.4, -0.2) is 64.9 Å². The number of fused-ring (bicyclic) bond motifs is 3. The van der Waals surface area contributed by atoms with Crippen molar-refractivity contribution in [3.8, 4) is 11.1 Å². The molecule has 0 aromatic heterocycles. The van der Waals surface area contributed by atoms with Crippen LogP contribution in [0.15, 0.2) is 48.5 Å². The molecule has 8 heteroatoms. The summed E-state index contributed by atoms with van der Waals surface area (Å²) in [6, 6.07) is 14.2. The van der Waals surface area contributed by atoms with Crippen molar-refractivity contribution in [3.05, 3.63) is 59.7 Å². The standard InChI is InChI=1S/C26H30N2O6/c1-28(22-12-6-7-13-23(22)29)25(32)21(14-24(30)31)27-26(33)34-15-20-18-10-4-2-8-16(18)17-9-3-5-11-19(17)20/h2-5,8-11,20-23,29H,6-7,12-15H2,1H3,(H,27,33)(H,30,31). The van der Waals surface area contributed by atoms with E-state index in [9.17, 15) is 24.6 Å². The summed E-state index contributed by atoms with van der Waals surface area (Å²) < 4.78 is 5.49. The largest absolute Gasteiger partial charge is 0.481 e. The molecule has 4 rings (SSSR count). The highest BCUT2D eigenvalue weighted by molar-refractivity contribution is 5.89. The molecule has 0 bridgehead atoms. The summed E-state index contributed by atoms with van der Waals surface area (Å²) in [6.45, 7) is 0.0605. The van der Waals surface area contributed by atoms with E-state index in [-0.39, 0.29) is 12.5 Å².